The number of benzene rings is 2. The van der Waals surface area contributed by atoms with Crippen LogP contribution in [-0.2, 0) is 24.1 Å². The number of ether oxygens (including phenoxy) is 1. The molecule has 27 heavy (non-hydrogen) atoms. The minimum Gasteiger partial charge on any atom is -0.495 e. The number of hydrogen-bond donors (Lipinski definition) is 1. The van der Waals surface area contributed by atoms with Crippen LogP contribution in [0.1, 0.15) is 23.1 Å². The Morgan fingerprint density at radius 2 is 2.04 bits per heavy atom. The van der Waals surface area contributed by atoms with Gasteiger partial charge in [0, 0.05) is 23.1 Å². The van der Waals surface area contributed by atoms with E-state index in [1.165, 1.54) is 36.4 Å². The first-order chi connectivity index (χ1) is 13.0. The highest BCUT2D eigenvalue weighted by Gasteiger charge is 2.18. The number of nitrogens with one attached hydrogen (secondary N) is 1. The molecule has 0 saturated carbocycles. The summed E-state index contributed by atoms with van der Waals surface area (Å²) in [7, 11) is 1.45. The van der Waals surface area contributed by atoms with Crippen molar-refractivity contribution in [1.82, 2.24) is 0 Å². The molecule has 1 amide bonds. The average molecular weight is 366 g/mol. The van der Waals surface area contributed by atoms with Crippen LogP contribution in [0.15, 0.2) is 41.0 Å². The van der Waals surface area contributed by atoms with E-state index < -0.39 is 4.92 Å². The Morgan fingerprint density at radius 1 is 1.26 bits per heavy atom. The molecule has 0 bridgehead atoms. The molecule has 1 heterocycles. The van der Waals surface area contributed by atoms with E-state index in [4.69, 9.17) is 9.15 Å². The predicted molar refractivity (Wildman–Crippen MR) is 100 cm³/mol. The number of nitro benzene ring substituents is 1. The van der Waals surface area contributed by atoms with Gasteiger partial charge in [0.2, 0.25) is 5.91 Å². The second kappa shape index (κ2) is 6.75. The molecule has 1 aliphatic rings. The molecular formula is C20H18N2O5. The van der Waals surface area contributed by atoms with Gasteiger partial charge in [-0.3, -0.25) is 14.9 Å². The van der Waals surface area contributed by atoms with Gasteiger partial charge in [-0.25, -0.2) is 0 Å². The maximum Gasteiger partial charge on any atom is 0.271 e. The summed E-state index contributed by atoms with van der Waals surface area (Å²) < 4.78 is 10.8. The van der Waals surface area contributed by atoms with E-state index in [0.29, 0.717) is 5.75 Å². The highest BCUT2D eigenvalue weighted by Crippen LogP contribution is 2.32. The van der Waals surface area contributed by atoms with Crippen molar-refractivity contribution in [3.8, 4) is 5.75 Å². The number of furan rings is 1. The highest BCUT2D eigenvalue weighted by molar-refractivity contribution is 5.96. The van der Waals surface area contributed by atoms with Crippen LogP contribution in [-0.4, -0.2) is 17.9 Å². The van der Waals surface area contributed by atoms with E-state index in [0.717, 1.165) is 35.8 Å². The number of rotatable bonds is 5. The number of amides is 1. The average Bonchev–Trinajstić information content (AvgIpc) is 3.26. The Morgan fingerprint density at radius 3 is 2.78 bits per heavy atom. The molecule has 0 atom stereocenters. The summed E-state index contributed by atoms with van der Waals surface area (Å²) in [6, 6.07) is 8.25. The van der Waals surface area contributed by atoms with Crippen LogP contribution in [0.3, 0.4) is 0 Å². The monoisotopic (exact) mass is 366 g/mol. The number of nitrogens with zero attached hydrogens (tertiary/aromatic N) is 1. The van der Waals surface area contributed by atoms with Crippen LogP contribution in [0.2, 0.25) is 0 Å². The molecule has 7 nitrogen and oxygen atoms in total. The standard InChI is InChI=1S/C20H18N2O5/c1-26-18-6-5-15(22(24)25)10-17(18)21-20(23)9-14-11-27-19-8-13-4-2-3-12(13)7-16(14)19/h5-8,10-11H,2-4,9H2,1H3,(H,21,23). The molecule has 1 N–H and O–H groups in total. The molecule has 1 aliphatic carbocycles. The van der Waals surface area contributed by atoms with Gasteiger partial charge < -0.3 is 14.5 Å². The third-order valence-electron chi connectivity index (χ3n) is 4.89. The van der Waals surface area contributed by atoms with Gasteiger partial charge in [0.1, 0.15) is 11.3 Å². The summed E-state index contributed by atoms with van der Waals surface area (Å²) in [6.07, 6.45) is 4.97. The Hall–Kier alpha value is -3.35. The number of carbonyl (C=O) groups excluding carboxylic acids is 1. The summed E-state index contributed by atoms with van der Waals surface area (Å²) in [5.41, 5.74) is 4.36. The van der Waals surface area contributed by atoms with E-state index in [2.05, 4.69) is 17.4 Å². The van der Waals surface area contributed by atoms with Gasteiger partial charge >= 0.3 is 0 Å². The maximum atomic E-state index is 12.5. The summed E-state index contributed by atoms with van der Waals surface area (Å²) in [4.78, 5) is 23.0. The van der Waals surface area contributed by atoms with Gasteiger partial charge in [-0.15, -0.1) is 0 Å². The predicted octanol–water partition coefficient (Wildman–Crippen LogP) is 4.02. The number of methoxy groups -OCH3 is 1. The quantitative estimate of drug-likeness (QED) is 0.544. The fraction of sp³-hybridized carbons (Fsp3) is 0.250. The first kappa shape index (κ1) is 17.1. The van der Waals surface area contributed by atoms with Gasteiger partial charge in [0.25, 0.3) is 5.69 Å². The summed E-state index contributed by atoms with van der Waals surface area (Å²) in [6.45, 7) is 0. The molecule has 0 spiro atoms. The molecule has 0 fully saturated rings. The van der Waals surface area contributed by atoms with Crippen molar-refractivity contribution in [3.05, 3.63) is 63.4 Å². The van der Waals surface area contributed by atoms with Crippen molar-refractivity contribution in [3.63, 3.8) is 0 Å². The molecule has 138 valence electrons. The van der Waals surface area contributed by atoms with Crippen LogP contribution >= 0.6 is 0 Å². The summed E-state index contributed by atoms with van der Waals surface area (Å²) >= 11 is 0. The molecule has 0 unspecified atom stereocenters. The van der Waals surface area contributed by atoms with Gasteiger partial charge in [0.05, 0.1) is 30.4 Å². The first-order valence-electron chi connectivity index (χ1n) is 8.69. The van der Waals surface area contributed by atoms with Crippen LogP contribution < -0.4 is 10.1 Å². The number of nitro groups is 1. The van der Waals surface area contributed by atoms with E-state index in [9.17, 15) is 14.9 Å². The van der Waals surface area contributed by atoms with E-state index in [1.54, 1.807) is 6.26 Å². The van der Waals surface area contributed by atoms with Crippen molar-refractivity contribution in [2.75, 3.05) is 12.4 Å². The molecular weight excluding hydrogens is 348 g/mol. The van der Waals surface area contributed by atoms with Gasteiger partial charge in [-0.2, -0.15) is 0 Å². The third-order valence-corrected chi connectivity index (χ3v) is 4.89. The minimum absolute atomic E-state index is 0.109. The van der Waals surface area contributed by atoms with Crippen molar-refractivity contribution < 1.29 is 18.9 Å². The Bertz CT molecular complexity index is 1050. The van der Waals surface area contributed by atoms with E-state index in [1.807, 2.05) is 0 Å². The summed E-state index contributed by atoms with van der Waals surface area (Å²) in [5.74, 6) is 0.0702. The van der Waals surface area contributed by atoms with Gasteiger partial charge in [-0.05, 0) is 48.6 Å². The van der Waals surface area contributed by atoms with Crippen LogP contribution in [0, 0.1) is 10.1 Å². The molecule has 0 saturated heterocycles. The normalized spacial score (nSPS) is 12.8. The fourth-order valence-electron chi connectivity index (χ4n) is 3.56. The molecule has 4 rings (SSSR count). The molecule has 2 aromatic carbocycles. The number of hydrogen-bond acceptors (Lipinski definition) is 5. The number of carbonyl (C=O) groups is 1. The van der Waals surface area contributed by atoms with Crippen molar-refractivity contribution >= 4 is 28.3 Å². The third kappa shape index (κ3) is 3.23. The lowest BCUT2D eigenvalue weighted by Crippen LogP contribution is -2.15. The van der Waals surface area contributed by atoms with Crippen molar-refractivity contribution in [1.29, 1.82) is 0 Å². The molecule has 0 aliphatic heterocycles. The number of fused-ring (bicyclic) bond motifs is 2. The minimum atomic E-state index is -0.515. The Kier molecular flexibility index (Phi) is 4.27. The van der Waals surface area contributed by atoms with E-state index >= 15 is 0 Å². The number of aryl methyl sites for hydroxylation is 2. The first-order valence-corrected chi connectivity index (χ1v) is 8.69. The Balaban J connectivity index is 1.57. The van der Waals surface area contributed by atoms with Crippen LogP contribution in [0.4, 0.5) is 11.4 Å². The number of anilines is 1. The van der Waals surface area contributed by atoms with Crippen LogP contribution in [0.25, 0.3) is 11.0 Å². The molecule has 7 heteroatoms. The Labute approximate surface area is 155 Å². The highest BCUT2D eigenvalue weighted by atomic mass is 16.6. The lowest BCUT2D eigenvalue weighted by atomic mass is 10.0. The smallest absolute Gasteiger partial charge is 0.271 e. The van der Waals surface area contributed by atoms with Crippen molar-refractivity contribution in [2.24, 2.45) is 0 Å². The second-order valence-corrected chi connectivity index (χ2v) is 6.60. The molecule has 1 aromatic heterocycles. The lowest BCUT2D eigenvalue weighted by Gasteiger charge is -2.09. The zero-order valence-electron chi connectivity index (χ0n) is 14.8. The number of non-ortho nitro benzene ring substituents is 1. The van der Waals surface area contributed by atoms with Crippen LogP contribution in [0.5, 0.6) is 5.75 Å². The lowest BCUT2D eigenvalue weighted by molar-refractivity contribution is -0.384. The van der Waals surface area contributed by atoms with Gasteiger partial charge in [0.15, 0.2) is 0 Å². The topological polar surface area (TPSA) is 94.6 Å². The zero-order valence-corrected chi connectivity index (χ0v) is 14.8. The van der Waals surface area contributed by atoms with Gasteiger partial charge in [-0.1, -0.05) is 0 Å². The van der Waals surface area contributed by atoms with E-state index in [-0.39, 0.29) is 23.7 Å². The second-order valence-electron chi connectivity index (χ2n) is 6.60. The molecule has 0 radical (unpaired) electrons. The largest absolute Gasteiger partial charge is 0.495 e. The molecule has 3 aromatic rings. The zero-order chi connectivity index (χ0) is 19.0. The van der Waals surface area contributed by atoms with Crippen molar-refractivity contribution in [2.45, 2.75) is 25.7 Å². The maximum absolute atomic E-state index is 12.5. The SMILES string of the molecule is COc1ccc([N+](=O)[O-])cc1NC(=O)Cc1coc2cc3c(cc12)CCC3. The summed E-state index contributed by atoms with van der Waals surface area (Å²) in [5, 5.41) is 14.6. The fourth-order valence-corrected chi connectivity index (χ4v) is 3.56.